The van der Waals surface area contributed by atoms with Crippen molar-refractivity contribution in [3.8, 4) is 0 Å². The van der Waals surface area contributed by atoms with Gasteiger partial charge in [-0.05, 0) is 17.7 Å². The number of aliphatic hydroxyl groups excluding tert-OH is 2. The van der Waals surface area contributed by atoms with E-state index >= 15 is 0 Å². The highest BCUT2D eigenvalue weighted by Crippen LogP contribution is 2.32. The second-order valence-corrected chi connectivity index (χ2v) is 3.45. The van der Waals surface area contributed by atoms with E-state index in [-0.39, 0.29) is 12.4 Å². The van der Waals surface area contributed by atoms with E-state index in [1.807, 2.05) is 0 Å². The Labute approximate surface area is 87.9 Å². The standard InChI is InChI=1S/C11H14O4/c1-2-3-8(6-12)10-9(14)4-5-11(10,15)7-13/h2-5,10,12-13,15H,1,6-7H2/b8-3+/t10-,11-/m1/s1. The van der Waals surface area contributed by atoms with Crippen LogP contribution in [0.25, 0.3) is 0 Å². The molecule has 2 atom stereocenters. The Balaban J connectivity index is 3.06. The third-order valence-corrected chi connectivity index (χ3v) is 2.46. The van der Waals surface area contributed by atoms with E-state index in [0.717, 1.165) is 0 Å². The Morgan fingerprint density at radius 1 is 1.60 bits per heavy atom. The van der Waals surface area contributed by atoms with Crippen molar-refractivity contribution in [3.05, 3.63) is 36.5 Å². The summed E-state index contributed by atoms with van der Waals surface area (Å²) in [7, 11) is 0. The zero-order valence-corrected chi connectivity index (χ0v) is 8.26. The fraction of sp³-hybridized carbons (Fsp3) is 0.364. The van der Waals surface area contributed by atoms with Crippen LogP contribution in [0.4, 0.5) is 0 Å². The molecule has 0 bridgehead atoms. The third kappa shape index (κ3) is 2.07. The van der Waals surface area contributed by atoms with Crippen molar-refractivity contribution in [2.24, 2.45) is 5.92 Å². The lowest BCUT2D eigenvalue weighted by molar-refractivity contribution is -0.122. The van der Waals surface area contributed by atoms with Crippen LogP contribution in [-0.4, -0.2) is 39.9 Å². The van der Waals surface area contributed by atoms with Gasteiger partial charge in [0.2, 0.25) is 0 Å². The molecule has 0 spiro atoms. The number of hydrogen-bond donors (Lipinski definition) is 3. The Kier molecular flexibility index (Phi) is 3.57. The molecule has 0 fully saturated rings. The maximum atomic E-state index is 11.5. The number of hydrogen-bond acceptors (Lipinski definition) is 4. The first-order chi connectivity index (χ1) is 7.09. The summed E-state index contributed by atoms with van der Waals surface area (Å²) in [5, 5.41) is 28.0. The highest BCUT2D eigenvalue weighted by molar-refractivity contribution is 5.98. The summed E-state index contributed by atoms with van der Waals surface area (Å²) in [6.45, 7) is 2.54. The minimum atomic E-state index is -1.60. The summed E-state index contributed by atoms with van der Waals surface area (Å²) in [6.07, 6.45) is 5.37. The van der Waals surface area contributed by atoms with Gasteiger partial charge in [0.1, 0.15) is 5.60 Å². The maximum Gasteiger partial charge on any atom is 0.166 e. The summed E-state index contributed by atoms with van der Waals surface area (Å²) in [5.74, 6) is -1.24. The van der Waals surface area contributed by atoms with E-state index in [0.29, 0.717) is 5.57 Å². The number of rotatable bonds is 4. The second kappa shape index (κ2) is 4.53. The summed E-state index contributed by atoms with van der Waals surface area (Å²) < 4.78 is 0. The molecule has 15 heavy (non-hydrogen) atoms. The molecule has 1 rings (SSSR count). The molecule has 0 amide bonds. The fourth-order valence-electron chi connectivity index (χ4n) is 1.70. The van der Waals surface area contributed by atoms with Crippen LogP contribution in [0, 0.1) is 5.92 Å². The van der Waals surface area contributed by atoms with Crippen molar-refractivity contribution in [3.63, 3.8) is 0 Å². The molecule has 0 unspecified atom stereocenters. The van der Waals surface area contributed by atoms with Crippen molar-refractivity contribution in [1.29, 1.82) is 0 Å². The molecular weight excluding hydrogens is 196 g/mol. The molecule has 0 radical (unpaired) electrons. The Bertz CT molecular complexity index is 329. The van der Waals surface area contributed by atoms with Gasteiger partial charge in [0.05, 0.1) is 19.1 Å². The Morgan fingerprint density at radius 3 is 2.73 bits per heavy atom. The van der Waals surface area contributed by atoms with Crippen molar-refractivity contribution in [2.45, 2.75) is 5.60 Å². The van der Waals surface area contributed by atoms with Gasteiger partial charge >= 0.3 is 0 Å². The fourth-order valence-corrected chi connectivity index (χ4v) is 1.70. The summed E-state index contributed by atoms with van der Waals surface area (Å²) >= 11 is 0. The molecular formula is C11H14O4. The molecule has 1 aliphatic carbocycles. The molecule has 0 saturated carbocycles. The molecule has 0 saturated heterocycles. The van der Waals surface area contributed by atoms with Gasteiger partial charge in [0, 0.05) is 0 Å². The molecule has 0 aromatic carbocycles. The van der Waals surface area contributed by atoms with Crippen LogP contribution in [0.5, 0.6) is 0 Å². The number of ketones is 1. The first kappa shape index (κ1) is 11.8. The first-order valence-electron chi connectivity index (χ1n) is 4.57. The summed E-state index contributed by atoms with van der Waals surface area (Å²) in [5.41, 5.74) is -1.26. The van der Waals surface area contributed by atoms with E-state index in [4.69, 9.17) is 10.2 Å². The maximum absolute atomic E-state index is 11.5. The van der Waals surface area contributed by atoms with Gasteiger partial charge in [0.25, 0.3) is 0 Å². The number of carbonyl (C=O) groups excluding carboxylic acids is 1. The van der Waals surface area contributed by atoms with Crippen molar-refractivity contribution in [2.75, 3.05) is 13.2 Å². The Hall–Kier alpha value is -1.23. The van der Waals surface area contributed by atoms with Crippen LogP contribution < -0.4 is 0 Å². The van der Waals surface area contributed by atoms with E-state index in [9.17, 15) is 9.90 Å². The second-order valence-electron chi connectivity index (χ2n) is 3.45. The van der Waals surface area contributed by atoms with Gasteiger partial charge in [-0.15, -0.1) is 0 Å². The van der Waals surface area contributed by atoms with E-state index < -0.39 is 18.1 Å². The lowest BCUT2D eigenvalue weighted by Gasteiger charge is -2.27. The van der Waals surface area contributed by atoms with Gasteiger partial charge in [-0.25, -0.2) is 0 Å². The molecule has 0 aromatic heterocycles. The highest BCUT2D eigenvalue weighted by atomic mass is 16.3. The van der Waals surface area contributed by atoms with Crippen LogP contribution in [-0.2, 0) is 4.79 Å². The van der Waals surface area contributed by atoms with Crippen LogP contribution in [0.1, 0.15) is 0 Å². The van der Waals surface area contributed by atoms with Crippen molar-refractivity contribution >= 4 is 5.78 Å². The van der Waals surface area contributed by atoms with E-state index in [1.54, 1.807) is 0 Å². The lowest BCUT2D eigenvalue weighted by Crippen LogP contribution is -2.41. The molecule has 1 aliphatic rings. The molecule has 82 valence electrons. The SMILES string of the molecule is C=C/C=C(\CO)[C@@H]1C(=O)C=C[C@@]1(O)CO. The topological polar surface area (TPSA) is 77.8 Å². The minimum Gasteiger partial charge on any atom is -0.393 e. The van der Waals surface area contributed by atoms with Gasteiger partial charge in [-0.3, -0.25) is 4.79 Å². The third-order valence-electron chi connectivity index (χ3n) is 2.46. The summed E-state index contributed by atoms with van der Waals surface area (Å²) in [4.78, 5) is 11.5. The monoisotopic (exact) mass is 210 g/mol. The summed E-state index contributed by atoms with van der Waals surface area (Å²) in [6, 6.07) is 0. The van der Waals surface area contributed by atoms with Crippen molar-refractivity contribution < 1.29 is 20.1 Å². The molecule has 3 N–H and O–H groups in total. The quantitative estimate of drug-likeness (QED) is 0.550. The minimum absolute atomic E-state index is 0.325. The smallest absolute Gasteiger partial charge is 0.166 e. The molecule has 0 aromatic rings. The largest absolute Gasteiger partial charge is 0.393 e. The van der Waals surface area contributed by atoms with Gasteiger partial charge in [0.15, 0.2) is 5.78 Å². The van der Waals surface area contributed by atoms with Crippen LogP contribution in [0.15, 0.2) is 36.5 Å². The zero-order valence-electron chi connectivity index (χ0n) is 8.26. The number of carbonyl (C=O) groups is 1. The average Bonchev–Trinajstić information content (AvgIpc) is 2.53. The predicted molar refractivity (Wildman–Crippen MR) is 55.0 cm³/mol. The Morgan fingerprint density at radius 2 is 2.27 bits per heavy atom. The van der Waals surface area contributed by atoms with Gasteiger partial charge in [-0.2, -0.15) is 0 Å². The molecule has 0 aliphatic heterocycles. The van der Waals surface area contributed by atoms with Gasteiger partial charge in [-0.1, -0.05) is 18.7 Å². The molecule has 4 nitrogen and oxygen atoms in total. The number of allylic oxidation sites excluding steroid dienone is 3. The highest BCUT2D eigenvalue weighted by Gasteiger charge is 2.44. The molecule has 0 heterocycles. The van der Waals surface area contributed by atoms with E-state index in [1.165, 1.54) is 24.3 Å². The average molecular weight is 210 g/mol. The van der Waals surface area contributed by atoms with Gasteiger partial charge < -0.3 is 15.3 Å². The predicted octanol–water partition coefficient (Wildman–Crippen LogP) is -0.430. The number of aliphatic hydroxyl groups is 3. The first-order valence-corrected chi connectivity index (χ1v) is 4.57. The van der Waals surface area contributed by atoms with Crippen LogP contribution >= 0.6 is 0 Å². The lowest BCUT2D eigenvalue weighted by atomic mass is 9.84. The van der Waals surface area contributed by atoms with Crippen LogP contribution in [0.3, 0.4) is 0 Å². The zero-order chi connectivity index (χ0) is 11.5. The normalized spacial score (nSPS) is 31.0. The van der Waals surface area contributed by atoms with Crippen molar-refractivity contribution in [1.82, 2.24) is 0 Å². The van der Waals surface area contributed by atoms with Crippen LogP contribution in [0.2, 0.25) is 0 Å². The van der Waals surface area contributed by atoms with E-state index in [2.05, 4.69) is 6.58 Å². The molecule has 4 heteroatoms.